The van der Waals surface area contributed by atoms with Crippen molar-refractivity contribution < 1.29 is 19.5 Å². The fourth-order valence-electron chi connectivity index (χ4n) is 4.27. The van der Waals surface area contributed by atoms with Crippen molar-refractivity contribution >= 4 is 29.1 Å². The van der Waals surface area contributed by atoms with Crippen molar-refractivity contribution in [2.75, 3.05) is 31.6 Å². The molecule has 0 aliphatic carbocycles. The second kappa shape index (κ2) is 11.1. The van der Waals surface area contributed by atoms with Crippen molar-refractivity contribution in [1.29, 1.82) is 0 Å². The molecule has 0 spiro atoms. The maximum atomic E-state index is 12.8. The van der Waals surface area contributed by atoms with Gasteiger partial charge < -0.3 is 15.3 Å². The number of nitrogens with zero attached hydrogens (tertiary/aromatic N) is 3. The molecule has 0 saturated carbocycles. The van der Waals surface area contributed by atoms with Gasteiger partial charge in [-0.15, -0.1) is 0 Å². The molecule has 0 radical (unpaired) electrons. The molecule has 1 fully saturated rings. The van der Waals surface area contributed by atoms with Gasteiger partial charge in [-0.1, -0.05) is 36.4 Å². The zero-order chi connectivity index (χ0) is 23.9. The monoisotopic (exact) mass is 462 g/mol. The Labute approximate surface area is 199 Å². The molecule has 2 aliphatic heterocycles. The Hall–Kier alpha value is -3.52. The first-order chi connectivity index (χ1) is 16.5. The molecule has 2 N–H and O–H groups in total. The minimum absolute atomic E-state index is 0.0401. The van der Waals surface area contributed by atoms with Gasteiger partial charge in [-0.25, -0.2) is 5.01 Å². The zero-order valence-electron chi connectivity index (χ0n) is 19.2. The van der Waals surface area contributed by atoms with E-state index in [1.807, 2.05) is 30.3 Å². The first-order valence-electron chi connectivity index (χ1n) is 11.8. The summed E-state index contributed by atoms with van der Waals surface area (Å²) >= 11 is 0. The van der Waals surface area contributed by atoms with Crippen LogP contribution in [0.3, 0.4) is 0 Å². The van der Waals surface area contributed by atoms with Crippen molar-refractivity contribution in [1.82, 2.24) is 9.91 Å². The SMILES string of the molecule is O=C(CCC(=O)N1CCC(c2ccccc2)=N1)Nc1cccc(C(=O)N2CCC(CO)CC2)c1. The lowest BCUT2D eigenvalue weighted by molar-refractivity contribution is -0.132. The van der Waals surface area contributed by atoms with Gasteiger partial charge in [0.1, 0.15) is 0 Å². The molecule has 0 bridgehead atoms. The number of carbonyl (C=O) groups excluding carboxylic acids is 3. The van der Waals surface area contributed by atoms with E-state index in [1.54, 1.807) is 29.2 Å². The Kier molecular flexibility index (Phi) is 7.69. The van der Waals surface area contributed by atoms with Crippen LogP contribution in [-0.2, 0) is 9.59 Å². The van der Waals surface area contributed by atoms with Crippen molar-refractivity contribution in [3.63, 3.8) is 0 Å². The molecule has 0 unspecified atom stereocenters. The van der Waals surface area contributed by atoms with E-state index in [-0.39, 0.29) is 43.1 Å². The van der Waals surface area contributed by atoms with Crippen LogP contribution in [0.25, 0.3) is 0 Å². The summed E-state index contributed by atoms with van der Waals surface area (Å²) in [5, 5.41) is 17.9. The average molecular weight is 463 g/mol. The minimum Gasteiger partial charge on any atom is -0.396 e. The summed E-state index contributed by atoms with van der Waals surface area (Å²) in [6.07, 6.45) is 2.38. The molecular weight excluding hydrogens is 432 g/mol. The second-order valence-electron chi connectivity index (χ2n) is 8.73. The van der Waals surface area contributed by atoms with E-state index < -0.39 is 0 Å². The molecule has 34 heavy (non-hydrogen) atoms. The molecule has 2 aliphatic rings. The number of benzene rings is 2. The molecule has 1 saturated heterocycles. The van der Waals surface area contributed by atoms with Gasteiger partial charge in [0.25, 0.3) is 5.91 Å². The van der Waals surface area contributed by atoms with Crippen LogP contribution in [0.2, 0.25) is 0 Å². The summed E-state index contributed by atoms with van der Waals surface area (Å²) in [5.41, 5.74) is 2.92. The molecule has 8 nitrogen and oxygen atoms in total. The summed E-state index contributed by atoms with van der Waals surface area (Å²) in [6, 6.07) is 16.6. The molecule has 4 rings (SSSR count). The van der Waals surface area contributed by atoms with Crippen LogP contribution in [0.4, 0.5) is 5.69 Å². The molecule has 2 aromatic rings. The van der Waals surface area contributed by atoms with Crippen LogP contribution in [0, 0.1) is 5.92 Å². The van der Waals surface area contributed by atoms with Crippen LogP contribution < -0.4 is 5.32 Å². The summed E-state index contributed by atoms with van der Waals surface area (Å²) in [5.74, 6) is -0.290. The Morgan fingerprint density at radius 3 is 2.47 bits per heavy atom. The van der Waals surface area contributed by atoms with Crippen LogP contribution in [0.1, 0.15) is 48.0 Å². The van der Waals surface area contributed by atoms with Crippen molar-refractivity contribution in [2.24, 2.45) is 11.0 Å². The number of amides is 3. The highest BCUT2D eigenvalue weighted by Crippen LogP contribution is 2.20. The largest absolute Gasteiger partial charge is 0.396 e. The molecule has 0 atom stereocenters. The summed E-state index contributed by atoms with van der Waals surface area (Å²) in [4.78, 5) is 39.5. The Morgan fingerprint density at radius 2 is 1.74 bits per heavy atom. The number of carbonyl (C=O) groups is 3. The molecule has 178 valence electrons. The number of hydrogen-bond donors (Lipinski definition) is 2. The highest BCUT2D eigenvalue weighted by Gasteiger charge is 2.24. The van der Waals surface area contributed by atoms with Crippen LogP contribution in [0.15, 0.2) is 59.7 Å². The predicted molar refractivity (Wildman–Crippen MR) is 129 cm³/mol. The van der Waals surface area contributed by atoms with Gasteiger partial charge in [-0.3, -0.25) is 14.4 Å². The van der Waals surface area contributed by atoms with Gasteiger partial charge in [0.05, 0.1) is 12.3 Å². The zero-order valence-corrected chi connectivity index (χ0v) is 19.2. The normalized spacial score (nSPS) is 16.3. The number of hydrogen-bond acceptors (Lipinski definition) is 5. The number of anilines is 1. The average Bonchev–Trinajstić information content (AvgIpc) is 3.38. The van der Waals surface area contributed by atoms with E-state index >= 15 is 0 Å². The second-order valence-corrected chi connectivity index (χ2v) is 8.73. The molecule has 8 heteroatoms. The highest BCUT2D eigenvalue weighted by atomic mass is 16.3. The van der Waals surface area contributed by atoms with Crippen molar-refractivity contribution in [2.45, 2.75) is 32.1 Å². The first-order valence-corrected chi connectivity index (χ1v) is 11.8. The van der Waals surface area contributed by atoms with Gasteiger partial charge in [-0.05, 0) is 42.5 Å². The lowest BCUT2D eigenvalue weighted by Crippen LogP contribution is -2.39. The number of likely N-dealkylation sites (tertiary alicyclic amines) is 1. The summed E-state index contributed by atoms with van der Waals surface area (Å²) in [7, 11) is 0. The predicted octanol–water partition coefficient (Wildman–Crippen LogP) is 2.89. The third-order valence-corrected chi connectivity index (χ3v) is 6.32. The third-order valence-electron chi connectivity index (χ3n) is 6.32. The quantitative estimate of drug-likeness (QED) is 0.660. The van der Waals surface area contributed by atoms with E-state index in [4.69, 9.17) is 0 Å². The fourth-order valence-corrected chi connectivity index (χ4v) is 4.27. The topological polar surface area (TPSA) is 102 Å². The van der Waals surface area contributed by atoms with Gasteiger partial charge >= 0.3 is 0 Å². The van der Waals surface area contributed by atoms with Crippen molar-refractivity contribution in [3.05, 3.63) is 65.7 Å². The Balaban J connectivity index is 1.27. The number of aliphatic hydroxyl groups excluding tert-OH is 1. The highest BCUT2D eigenvalue weighted by molar-refractivity contribution is 6.03. The number of piperidine rings is 1. The molecular formula is C26H30N4O4. The van der Waals surface area contributed by atoms with Crippen LogP contribution >= 0.6 is 0 Å². The maximum Gasteiger partial charge on any atom is 0.253 e. The molecule has 0 aromatic heterocycles. The maximum absolute atomic E-state index is 12.8. The minimum atomic E-state index is -0.284. The van der Waals surface area contributed by atoms with Crippen LogP contribution in [-0.4, -0.2) is 64.7 Å². The van der Waals surface area contributed by atoms with E-state index in [1.165, 1.54) is 5.01 Å². The standard InChI is InChI=1S/C26H30N4O4/c31-18-19-11-14-29(15-12-19)26(34)21-7-4-8-22(17-21)27-24(32)9-10-25(33)30-16-13-23(28-30)20-5-2-1-3-6-20/h1-8,17,19,31H,9-16,18H2,(H,27,32). The fraction of sp³-hybridized carbons (Fsp3) is 0.385. The number of nitrogens with one attached hydrogen (secondary N) is 1. The van der Waals surface area contributed by atoms with Gasteiger partial charge in [-0.2, -0.15) is 5.10 Å². The smallest absolute Gasteiger partial charge is 0.253 e. The lowest BCUT2D eigenvalue weighted by Gasteiger charge is -2.31. The van der Waals surface area contributed by atoms with Gasteiger partial charge in [0.2, 0.25) is 11.8 Å². The first kappa shape index (κ1) is 23.6. The Bertz CT molecular complexity index is 1060. The number of aliphatic hydroxyl groups is 1. The van der Waals surface area contributed by atoms with E-state index in [0.717, 1.165) is 24.1 Å². The van der Waals surface area contributed by atoms with E-state index in [2.05, 4.69) is 10.4 Å². The number of hydrazone groups is 1. The van der Waals surface area contributed by atoms with Crippen molar-refractivity contribution in [3.8, 4) is 0 Å². The van der Waals surface area contributed by atoms with E-state index in [0.29, 0.717) is 37.3 Å². The third kappa shape index (κ3) is 5.88. The van der Waals surface area contributed by atoms with E-state index in [9.17, 15) is 19.5 Å². The number of rotatable bonds is 7. The Morgan fingerprint density at radius 1 is 0.971 bits per heavy atom. The van der Waals surface area contributed by atoms with Gasteiger partial charge in [0.15, 0.2) is 0 Å². The molecule has 2 heterocycles. The lowest BCUT2D eigenvalue weighted by atomic mass is 9.97. The molecule has 2 aromatic carbocycles. The summed E-state index contributed by atoms with van der Waals surface area (Å²) < 4.78 is 0. The van der Waals surface area contributed by atoms with Gasteiger partial charge in [0, 0.05) is 50.2 Å². The molecule has 3 amide bonds. The summed E-state index contributed by atoms with van der Waals surface area (Å²) in [6.45, 7) is 1.91. The van der Waals surface area contributed by atoms with Crippen LogP contribution in [0.5, 0.6) is 0 Å².